The minimum Gasteiger partial charge on any atom is -0.373 e. The highest BCUT2D eigenvalue weighted by molar-refractivity contribution is 5.88. The van der Waals surface area contributed by atoms with Crippen LogP contribution in [0.25, 0.3) is 0 Å². The van der Waals surface area contributed by atoms with E-state index in [1.165, 1.54) is 0 Å². The number of urea groups is 1. The minimum atomic E-state index is -0.271. The third-order valence-electron chi connectivity index (χ3n) is 3.08. The van der Waals surface area contributed by atoms with Gasteiger partial charge in [0.05, 0.1) is 12.2 Å². The second kappa shape index (κ2) is 6.71. The van der Waals surface area contributed by atoms with Crippen molar-refractivity contribution in [2.45, 2.75) is 33.0 Å². The largest absolute Gasteiger partial charge is 0.373 e. The molecule has 1 aromatic rings. The topological polar surface area (TPSA) is 79.6 Å². The lowest BCUT2D eigenvalue weighted by molar-refractivity contribution is -0.0672. The molecule has 2 heterocycles. The Hall–Kier alpha value is -1.60. The van der Waals surface area contributed by atoms with E-state index in [1.54, 1.807) is 13.0 Å². The molecule has 1 fully saturated rings. The van der Waals surface area contributed by atoms with Gasteiger partial charge >= 0.3 is 6.03 Å². The molecule has 2 N–H and O–H groups in total. The van der Waals surface area contributed by atoms with Gasteiger partial charge in [0.15, 0.2) is 5.82 Å². The van der Waals surface area contributed by atoms with Crippen molar-refractivity contribution in [3.05, 3.63) is 11.8 Å². The number of amides is 2. The van der Waals surface area contributed by atoms with Crippen LogP contribution in [0.15, 0.2) is 10.6 Å². The Labute approximate surface area is 118 Å². The van der Waals surface area contributed by atoms with Crippen molar-refractivity contribution in [2.75, 3.05) is 31.5 Å². The zero-order valence-electron chi connectivity index (χ0n) is 12.2. The van der Waals surface area contributed by atoms with Crippen LogP contribution < -0.4 is 10.6 Å². The molecule has 2 amide bonds. The van der Waals surface area contributed by atoms with Crippen molar-refractivity contribution in [3.8, 4) is 0 Å². The van der Waals surface area contributed by atoms with E-state index < -0.39 is 0 Å². The summed E-state index contributed by atoms with van der Waals surface area (Å²) < 4.78 is 10.5. The summed E-state index contributed by atoms with van der Waals surface area (Å²) >= 11 is 0. The fourth-order valence-electron chi connectivity index (χ4n) is 2.38. The first kappa shape index (κ1) is 14.8. The van der Waals surface area contributed by atoms with Gasteiger partial charge in [-0.2, -0.15) is 0 Å². The monoisotopic (exact) mass is 282 g/mol. The van der Waals surface area contributed by atoms with Crippen LogP contribution in [0.5, 0.6) is 0 Å². The number of morpholine rings is 1. The first-order chi connectivity index (χ1) is 9.52. The maximum atomic E-state index is 11.6. The summed E-state index contributed by atoms with van der Waals surface area (Å²) in [5.41, 5.74) is 0. The highest BCUT2D eigenvalue weighted by atomic mass is 16.5. The van der Waals surface area contributed by atoms with E-state index in [0.29, 0.717) is 18.1 Å². The summed E-state index contributed by atoms with van der Waals surface area (Å²) in [5.74, 6) is 1.09. The van der Waals surface area contributed by atoms with Crippen LogP contribution in [-0.4, -0.2) is 54.5 Å². The number of ether oxygens (including phenoxy) is 1. The molecule has 0 saturated carbocycles. The van der Waals surface area contributed by atoms with Gasteiger partial charge in [-0.1, -0.05) is 5.16 Å². The van der Waals surface area contributed by atoms with E-state index in [1.807, 2.05) is 0 Å². The van der Waals surface area contributed by atoms with Gasteiger partial charge in [0.1, 0.15) is 5.76 Å². The Morgan fingerprint density at radius 3 is 2.75 bits per heavy atom. The second-order valence-corrected chi connectivity index (χ2v) is 5.22. The maximum Gasteiger partial charge on any atom is 0.320 e. The fourth-order valence-corrected chi connectivity index (χ4v) is 2.38. The highest BCUT2D eigenvalue weighted by Crippen LogP contribution is 2.09. The number of anilines is 1. The minimum absolute atomic E-state index is 0.241. The molecule has 20 heavy (non-hydrogen) atoms. The zero-order chi connectivity index (χ0) is 14.5. The van der Waals surface area contributed by atoms with Gasteiger partial charge in [0.2, 0.25) is 0 Å². The number of aryl methyl sites for hydroxylation is 1. The molecule has 0 aromatic carbocycles. The molecule has 1 aliphatic heterocycles. The van der Waals surface area contributed by atoms with Crippen LogP contribution in [0, 0.1) is 6.92 Å². The summed E-state index contributed by atoms with van der Waals surface area (Å²) in [4.78, 5) is 13.9. The molecule has 1 aromatic heterocycles. The van der Waals surface area contributed by atoms with Crippen LogP contribution in [0.4, 0.5) is 10.6 Å². The normalized spacial score (nSPS) is 23.6. The van der Waals surface area contributed by atoms with Crippen molar-refractivity contribution in [1.29, 1.82) is 0 Å². The Morgan fingerprint density at radius 1 is 1.45 bits per heavy atom. The number of nitrogens with one attached hydrogen (secondary N) is 2. The van der Waals surface area contributed by atoms with E-state index in [4.69, 9.17) is 9.26 Å². The fraction of sp³-hybridized carbons (Fsp3) is 0.692. The van der Waals surface area contributed by atoms with Crippen LogP contribution in [0.1, 0.15) is 19.6 Å². The number of hydrogen-bond acceptors (Lipinski definition) is 5. The predicted molar refractivity (Wildman–Crippen MR) is 74.7 cm³/mol. The van der Waals surface area contributed by atoms with E-state index >= 15 is 0 Å². The van der Waals surface area contributed by atoms with E-state index in [2.05, 4.69) is 34.5 Å². The smallest absolute Gasteiger partial charge is 0.320 e. The number of hydrogen-bond donors (Lipinski definition) is 2. The van der Waals surface area contributed by atoms with Crippen LogP contribution in [-0.2, 0) is 4.74 Å². The molecule has 0 spiro atoms. The SMILES string of the molecule is Cc1cc(NC(=O)NCCN2C[C@H](C)O[C@@H](C)C2)no1. The number of carbonyl (C=O) groups is 1. The van der Waals surface area contributed by atoms with Crippen LogP contribution in [0.3, 0.4) is 0 Å². The molecular formula is C13H22N4O3. The van der Waals surface area contributed by atoms with Crippen molar-refractivity contribution < 1.29 is 14.1 Å². The van der Waals surface area contributed by atoms with Gasteiger partial charge in [-0.3, -0.25) is 10.2 Å². The summed E-state index contributed by atoms with van der Waals surface area (Å²) in [7, 11) is 0. The van der Waals surface area contributed by atoms with Crippen molar-refractivity contribution in [2.24, 2.45) is 0 Å². The first-order valence-corrected chi connectivity index (χ1v) is 6.89. The molecule has 1 saturated heterocycles. The van der Waals surface area contributed by atoms with Crippen molar-refractivity contribution >= 4 is 11.8 Å². The Balaban J connectivity index is 1.66. The average molecular weight is 282 g/mol. The average Bonchev–Trinajstić information content (AvgIpc) is 2.73. The molecule has 1 aliphatic rings. The lowest BCUT2D eigenvalue weighted by Crippen LogP contribution is -2.48. The Morgan fingerprint density at radius 2 is 2.15 bits per heavy atom. The number of carbonyl (C=O) groups excluding carboxylic acids is 1. The molecule has 7 nitrogen and oxygen atoms in total. The lowest BCUT2D eigenvalue weighted by atomic mass is 10.2. The second-order valence-electron chi connectivity index (χ2n) is 5.22. The highest BCUT2D eigenvalue weighted by Gasteiger charge is 2.21. The molecule has 112 valence electrons. The summed E-state index contributed by atoms with van der Waals surface area (Å²) in [6.45, 7) is 9.10. The van der Waals surface area contributed by atoms with E-state index in [9.17, 15) is 4.79 Å². The molecule has 7 heteroatoms. The third kappa shape index (κ3) is 4.50. The van der Waals surface area contributed by atoms with Gasteiger partial charge in [0, 0.05) is 32.2 Å². The molecule has 0 bridgehead atoms. The molecule has 0 unspecified atom stereocenters. The number of aromatic nitrogens is 1. The van der Waals surface area contributed by atoms with E-state index in [0.717, 1.165) is 19.6 Å². The first-order valence-electron chi connectivity index (χ1n) is 6.89. The Bertz CT molecular complexity index is 439. The van der Waals surface area contributed by atoms with Crippen LogP contribution in [0.2, 0.25) is 0 Å². The van der Waals surface area contributed by atoms with Gasteiger partial charge in [-0.25, -0.2) is 4.79 Å². The van der Waals surface area contributed by atoms with Gasteiger partial charge in [-0.15, -0.1) is 0 Å². The summed E-state index contributed by atoms with van der Waals surface area (Å²) in [6.07, 6.45) is 0.483. The molecule has 2 rings (SSSR count). The molecule has 0 radical (unpaired) electrons. The summed E-state index contributed by atoms with van der Waals surface area (Å²) in [5, 5.41) is 9.12. The molecular weight excluding hydrogens is 260 g/mol. The predicted octanol–water partition coefficient (Wildman–Crippen LogP) is 1.21. The summed E-state index contributed by atoms with van der Waals surface area (Å²) in [6, 6.07) is 1.40. The molecule has 0 aliphatic carbocycles. The Kier molecular flexibility index (Phi) is 4.97. The van der Waals surface area contributed by atoms with Gasteiger partial charge in [-0.05, 0) is 20.8 Å². The lowest BCUT2D eigenvalue weighted by Gasteiger charge is -2.35. The van der Waals surface area contributed by atoms with Gasteiger partial charge in [0.25, 0.3) is 0 Å². The standard InChI is InChI=1S/C13H22N4O3/c1-9-6-12(16-20-9)15-13(18)14-4-5-17-7-10(2)19-11(3)8-17/h6,10-11H,4-5,7-8H2,1-3H3,(H2,14,15,16,18)/t10-,11-/m0/s1. The number of rotatable bonds is 4. The van der Waals surface area contributed by atoms with Crippen molar-refractivity contribution in [3.63, 3.8) is 0 Å². The third-order valence-corrected chi connectivity index (χ3v) is 3.08. The van der Waals surface area contributed by atoms with E-state index in [-0.39, 0.29) is 18.2 Å². The van der Waals surface area contributed by atoms with Gasteiger partial charge < -0.3 is 14.6 Å². The van der Waals surface area contributed by atoms with Crippen molar-refractivity contribution in [1.82, 2.24) is 15.4 Å². The van der Waals surface area contributed by atoms with Crippen LogP contribution >= 0.6 is 0 Å². The quantitative estimate of drug-likeness (QED) is 0.868. The molecule has 2 atom stereocenters. The zero-order valence-corrected chi connectivity index (χ0v) is 12.2. The maximum absolute atomic E-state index is 11.6. The number of nitrogens with zero attached hydrogens (tertiary/aromatic N) is 2.